The molecule has 1 aliphatic heterocycles. The number of hydrogen-bond acceptors (Lipinski definition) is 3. The molecule has 1 aromatic rings. The Bertz CT molecular complexity index is 552. The van der Waals surface area contributed by atoms with Crippen LogP contribution >= 0.6 is 0 Å². The number of nitrogens with one attached hydrogen (secondary N) is 1. The van der Waals surface area contributed by atoms with Crippen molar-refractivity contribution in [3.63, 3.8) is 0 Å². The third-order valence-electron chi connectivity index (χ3n) is 3.88. The van der Waals surface area contributed by atoms with E-state index in [0.29, 0.717) is 18.5 Å². The molecule has 0 aliphatic carbocycles. The van der Waals surface area contributed by atoms with Crippen molar-refractivity contribution >= 4 is 11.8 Å². The van der Waals surface area contributed by atoms with E-state index in [1.54, 1.807) is 13.8 Å². The van der Waals surface area contributed by atoms with Crippen molar-refractivity contribution in [2.45, 2.75) is 32.7 Å². The highest BCUT2D eigenvalue weighted by Crippen LogP contribution is 2.29. The molecule has 5 N–H and O–H groups in total. The number of hydrogen-bond donors (Lipinski definition) is 3. The van der Waals surface area contributed by atoms with Gasteiger partial charge in [-0.15, -0.1) is 0 Å². The van der Waals surface area contributed by atoms with Gasteiger partial charge in [0.1, 0.15) is 0 Å². The molecule has 1 aromatic carbocycles. The number of carbonyl (C=O) groups excluding carboxylic acids is 2. The molecule has 2 amide bonds. The fourth-order valence-electron chi connectivity index (χ4n) is 2.43. The Morgan fingerprint density at radius 2 is 2.15 bits per heavy atom. The first-order valence-electron chi connectivity index (χ1n) is 6.78. The zero-order valence-corrected chi connectivity index (χ0v) is 11.9. The minimum absolute atomic E-state index is 0.0607. The standard InChI is InChI=1S/C15H21N3O2/c1-15(2,14(17)20)8-12(16)10-4-3-9-5-6-18-13(19)11(9)7-10/h3-4,7,12H,5-6,8,16H2,1-2H3,(H2,17,20)(H,18,19). The lowest BCUT2D eigenvalue weighted by atomic mass is 9.82. The summed E-state index contributed by atoms with van der Waals surface area (Å²) < 4.78 is 0. The van der Waals surface area contributed by atoms with Gasteiger partial charge in [-0.2, -0.15) is 0 Å². The van der Waals surface area contributed by atoms with Crippen molar-refractivity contribution in [1.29, 1.82) is 0 Å². The van der Waals surface area contributed by atoms with Crippen molar-refractivity contribution in [3.05, 3.63) is 34.9 Å². The van der Waals surface area contributed by atoms with E-state index in [-0.39, 0.29) is 17.9 Å². The van der Waals surface area contributed by atoms with Gasteiger partial charge in [0.15, 0.2) is 0 Å². The predicted molar refractivity (Wildman–Crippen MR) is 77.0 cm³/mol. The molecule has 108 valence electrons. The van der Waals surface area contributed by atoms with Crippen LogP contribution in [-0.2, 0) is 11.2 Å². The smallest absolute Gasteiger partial charge is 0.251 e. The van der Waals surface area contributed by atoms with Gasteiger partial charge in [-0.1, -0.05) is 26.0 Å². The maximum atomic E-state index is 11.8. The highest BCUT2D eigenvalue weighted by Gasteiger charge is 2.28. The first-order chi connectivity index (χ1) is 9.31. The lowest BCUT2D eigenvalue weighted by Crippen LogP contribution is -2.35. The molecule has 20 heavy (non-hydrogen) atoms. The van der Waals surface area contributed by atoms with Gasteiger partial charge in [0.25, 0.3) is 5.91 Å². The van der Waals surface area contributed by atoms with Crippen LogP contribution in [-0.4, -0.2) is 18.4 Å². The number of benzene rings is 1. The van der Waals surface area contributed by atoms with Gasteiger partial charge in [0.2, 0.25) is 5.91 Å². The Labute approximate surface area is 118 Å². The van der Waals surface area contributed by atoms with Crippen LogP contribution in [0.5, 0.6) is 0 Å². The lowest BCUT2D eigenvalue weighted by molar-refractivity contribution is -0.126. The second-order valence-electron chi connectivity index (χ2n) is 5.98. The van der Waals surface area contributed by atoms with Crippen LogP contribution in [0.3, 0.4) is 0 Å². The van der Waals surface area contributed by atoms with E-state index in [1.165, 1.54) is 0 Å². The molecule has 0 spiro atoms. The summed E-state index contributed by atoms with van der Waals surface area (Å²) in [6, 6.07) is 5.38. The topological polar surface area (TPSA) is 98.2 Å². The summed E-state index contributed by atoms with van der Waals surface area (Å²) in [6.07, 6.45) is 1.28. The molecule has 1 aliphatic rings. The molecule has 5 nitrogen and oxygen atoms in total. The Hall–Kier alpha value is -1.88. The largest absolute Gasteiger partial charge is 0.369 e. The van der Waals surface area contributed by atoms with Gasteiger partial charge in [0.05, 0.1) is 0 Å². The normalized spacial score (nSPS) is 16.2. The van der Waals surface area contributed by atoms with Gasteiger partial charge < -0.3 is 16.8 Å². The van der Waals surface area contributed by atoms with Crippen molar-refractivity contribution in [1.82, 2.24) is 5.32 Å². The maximum absolute atomic E-state index is 11.8. The summed E-state index contributed by atoms with van der Waals surface area (Å²) in [7, 11) is 0. The van der Waals surface area contributed by atoms with Gasteiger partial charge in [-0.05, 0) is 30.0 Å². The second kappa shape index (κ2) is 5.25. The summed E-state index contributed by atoms with van der Waals surface area (Å²) in [5.74, 6) is -0.432. The molecule has 0 saturated heterocycles. The zero-order chi connectivity index (χ0) is 14.9. The van der Waals surface area contributed by atoms with Crippen LogP contribution in [0.2, 0.25) is 0 Å². The monoisotopic (exact) mass is 275 g/mol. The number of rotatable bonds is 4. The number of primary amides is 1. The summed E-state index contributed by atoms with van der Waals surface area (Å²) in [4.78, 5) is 23.2. The average molecular weight is 275 g/mol. The van der Waals surface area contributed by atoms with Crippen LogP contribution in [0, 0.1) is 5.41 Å². The van der Waals surface area contributed by atoms with Crippen molar-refractivity contribution < 1.29 is 9.59 Å². The second-order valence-corrected chi connectivity index (χ2v) is 5.98. The van der Waals surface area contributed by atoms with Gasteiger partial charge in [0, 0.05) is 23.6 Å². The van der Waals surface area contributed by atoms with E-state index >= 15 is 0 Å². The van der Waals surface area contributed by atoms with Crippen LogP contribution in [0.25, 0.3) is 0 Å². The molecule has 1 unspecified atom stereocenters. The number of fused-ring (bicyclic) bond motifs is 1. The van der Waals surface area contributed by atoms with Crippen LogP contribution in [0.15, 0.2) is 18.2 Å². The zero-order valence-electron chi connectivity index (χ0n) is 11.9. The molecular formula is C15H21N3O2. The van der Waals surface area contributed by atoms with E-state index < -0.39 is 5.41 Å². The van der Waals surface area contributed by atoms with Crippen LogP contribution < -0.4 is 16.8 Å². The Morgan fingerprint density at radius 1 is 1.45 bits per heavy atom. The SMILES string of the molecule is CC(C)(CC(N)c1ccc2c(c1)C(=O)NCC2)C(N)=O. The van der Waals surface area contributed by atoms with Gasteiger partial charge in [-0.25, -0.2) is 0 Å². The number of amides is 2. The fourth-order valence-corrected chi connectivity index (χ4v) is 2.43. The van der Waals surface area contributed by atoms with Crippen LogP contribution in [0.4, 0.5) is 0 Å². The number of nitrogens with two attached hydrogens (primary N) is 2. The average Bonchev–Trinajstić information content (AvgIpc) is 2.38. The molecule has 1 atom stereocenters. The van der Waals surface area contributed by atoms with E-state index in [4.69, 9.17) is 11.5 Å². The molecule has 1 heterocycles. The molecule has 0 aromatic heterocycles. The van der Waals surface area contributed by atoms with Crippen molar-refractivity contribution in [2.75, 3.05) is 6.54 Å². The minimum Gasteiger partial charge on any atom is -0.369 e. The third-order valence-corrected chi connectivity index (χ3v) is 3.88. The lowest BCUT2D eigenvalue weighted by Gasteiger charge is -2.25. The van der Waals surface area contributed by atoms with Crippen molar-refractivity contribution in [2.24, 2.45) is 16.9 Å². The minimum atomic E-state index is -0.669. The van der Waals surface area contributed by atoms with Gasteiger partial charge in [-0.3, -0.25) is 9.59 Å². The highest BCUT2D eigenvalue weighted by molar-refractivity contribution is 5.96. The predicted octanol–water partition coefficient (Wildman–Crippen LogP) is 0.874. The maximum Gasteiger partial charge on any atom is 0.251 e. The molecule has 5 heteroatoms. The molecule has 0 fully saturated rings. The Kier molecular flexibility index (Phi) is 3.81. The van der Waals surface area contributed by atoms with E-state index in [1.807, 2.05) is 18.2 Å². The van der Waals surface area contributed by atoms with E-state index in [9.17, 15) is 9.59 Å². The summed E-state index contributed by atoms with van der Waals surface area (Å²) in [6.45, 7) is 4.23. The highest BCUT2D eigenvalue weighted by atomic mass is 16.2. The fraction of sp³-hybridized carbons (Fsp3) is 0.467. The summed E-state index contributed by atoms with van der Waals surface area (Å²) >= 11 is 0. The van der Waals surface area contributed by atoms with Gasteiger partial charge >= 0.3 is 0 Å². The Balaban J connectivity index is 2.23. The molecule has 0 radical (unpaired) electrons. The first-order valence-corrected chi connectivity index (χ1v) is 6.78. The molecule has 0 saturated carbocycles. The van der Waals surface area contributed by atoms with Crippen LogP contribution in [0.1, 0.15) is 47.8 Å². The first kappa shape index (κ1) is 14.5. The quantitative estimate of drug-likeness (QED) is 0.760. The summed E-state index contributed by atoms with van der Waals surface area (Å²) in [5, 5.41) is 2.82. The van der Waals surface area contributed by atoms with Crippen molar-refractivity contribution in [3.8, 4) is 0 Å². The summed E-state index contributed by atoms with van der Waals surface area (Å²) in [5.41, 5.74) is 13.4. The van der Waals surface area contributed by atoms with E-state index in [0.717, 1.165) is 17.5 Å². The molecular weight excluding hydrogens is 254 g/mol. The van der Waals surface area contributed by atoms with E-state index in [2.05, 4.69) is 5.32 Å². The molecule has 2 rings (SSSR count). The third kappa shape index (κ3) is 2.82. The molecule has 0 bridgehead atoms. The Morgan fingerprint density at radius 3 is 2.80 bits per heavy atom. The number of carbonyl (C=O) groups is 2.